The van der Waals surface area contributed by atoms with Crippen molar-refractivity contribution in [3.8, 4) is 28.8 Å². The summed E-state index contributed by atoms with van der Waals surface area (Å²) >= 11 is 0. The molecule has 3 heterocycles. The predicted molar refractivity (Wildman–Crippen MR) is 117 cm³/mol. The van der Waals surface area contributed by atoms with E-state index in [4.69, 9.17) is 14.0 Å². The van der Waals surface area contributed by atoms with Crippen LogP contribution in [0.1, 0.15) is 40.6 Å². The van der Waals surface area contributed by atoms with Gasteiger partial charge in [0.1, 0.15) is 17.8 Å². The summed E-state index contributed by atoms with van der Waals surface area (Å²) in [5, 5.41) is 6.92. The minimum absolute atomic E-state index is 0.275. The lowest BCUT2D eigenvalue weighted by molar-refractivity contribution is 0.0946. The fraction of sp³-hybridized carbons (Fsp3) is 0.261. The topological polar surface area (TPSA) is 117 Å². The van der Waals surface area contributed by atoms with E-state index in [1.807, 2.05) is 18.2 Å². The highest BCUT2D eigenvalue weighted by molar-refractivity contribution is 5.92. The minimum Gasteiger partial charge on any atom is -0.493 e. The predicted octanol–water partition coefficient (Wildman–Crippen LogP) is 3.14. The highest BCUT2D eigenvalue weighted by atomic mass is 16.5. The summed E-state index contributed by atoms with van der Waals surface area (Å²) in [5.74, 6) is 3.14. The normalized spacial score (nSPS) is 13.0. The summed E-state index contributed by atoms with van der Waals surface area (Å²) in [5.41, 5.74) is 1.91. The Hall–Kier alpha value is -4.21. The Labute approximate surface area is 189 Å². The number of benzene rings is 1. The van der Waals surface area contributed by atoms with Crippen molar-refractivity contribution in [3.05, 3.63) is 66.1 Å². The van der Waals surface area contributed by atoms with Gasteiger partial charge >= 0.3 is 0 Å². The number of rotatable bonds is 8. The van der Waals surface area contributed by atoms with Crippen molar-refractivity contribution in [2.24, 2.45) is 0 Å². The molecule has 0 saturated heterocycles. The molecule has 1 aliphatic rings. The molecule has 33 heavy (non-hydrogen) atoms. The number of aromatic nitrogens is 5. The maximum atomic E-state index is 12.6. The smallest absolute Gasteiger partial charge is 0.271 e. The maximum Gasteiger partial charge on any atom is 0.271 e. The van der Waals surface area contributed by atoms with Crippen molar-refractivity contribution in [1.82, 2.24) is 30.0 Å². The first-order valence-corrected chi connectivity index (χ1v) is 10.5. The number of nitrogens with one attached hydrogen (secondary N) is 1. The van der Waals surface area contributed by atoms with Crippen LogP contribution in [0, 0.1) is 0 Å². The van der Waals surface area contributed by atoms with Crippen molar-refractivity contribution < 1.29 is 18.8 Å². The van der Waals surface area contributed by atoms with Crippen LogP contribution in [0.3, 0.4) is 0 Å². The van der Waals surface area contributed by atoms with Crippen LogP contribution >= 0.6 is 0 Å². The first-order chi connectivity index (χ1) is 16.1. The lowest BCUT2D eigenvalue weighted by atomic mass is 10.2. The van der Waals surface area contributed by atoms with Gasteiger partial charge in [0.2, 0.25) is 0 Å². The first-order valence-electron chi connectivity index (χ1n) is 10.5. The van der Waals surface area contributed by atoms with Gasteiger partial charge in [-0.2, -0.15) is 4.98 Å². The van der Waals surface area contributed by atoms with Crippen LogP contribution in [0.2, 0.25) is 0 Å². The third-order valence-corrected chi connectivity index (χ3v) is 5.36. The Morgan fingerprint density at radius 3 is 2.79 bits per heavy atom. The highest BCUT2D eigenvalue weighted by Gasteiger charge is 2.29. The van der Waals surface area contributed by atoms with E-state index < -0.39 is 0 Å². The summed E-state index contributed by atoms with van der Waals surface area (Å²) in [6, 6.07) is 9.10. The van der Waals surface area contributed by atoms with Crippen LogP contribution in [0.5, 0.6) is 11.5 Å². The average Bonchev–Trinajstić information content (AvgIpc) is 3.37. The van der Waals surface area contributed by atoms with Gasteiger partial charge in [-0.25, -0.2) is 9.97 Å². The van der Waals surface area contributed by atoms with E-state index in [-0.39, 0.29) is 11.6 Å². The number of imidazole rings is 1. The molecule has 1 amide bonds. The second-order valence-electron chi connectivity index (χ2n) is 7.67. The molecule has 1 aromatic carbocycles. The Kier molecular flexibility index (Phi) is 5.47. The summed E-state index contributed by atoms with van der Waals surface area (Å²) in [6.07, 6.45) is 7.03. The van der Waals surface area contributed by atoms with Gasteiger partial charge in [0.15, 0.2) is 17.3 Å². The van der Waals surface area contributed by atoms with E-state index in [1.54, 1.807) is 49.6 Å². The molecule has 1 aliphatic carbocycles. The van der Waals surface area contributed by atoms with Gasteiger partial charge < -0.3 is 19.3 Å². The third kappa shape index (κ3) is 4.40. The number of pyridine rings is 1. The Morgan fingerprint density at radius 1 is 1.15 bits per heavy atom. The van der Waals surface area contributed by atoms with Crippen LogP contribution in [0.15, 0.2) is 53.6 Å². The number of nitrogens with zero attached hydrogens (tertiary/aromatic N) is 5. The fourth-order valence-corrected chi connectivity index (χ4v) is 3.38. The van der Waals surface area contributed by atoms with Crippen LogP contribution in [-0.4, -0.2) is 44.8 Å². The van der Waals surface area contributed by atoms with Gasteiger partial charge in [-0.15, -0.1) is 0 Å². The quantitative estimate of drug-likeness (QED) is 0.439. The highest BCUT2D eigenvalue weighted by Crippen LogP contribution is 2.38. The zero-order chi connectivity index (χ0) is 22.8. The van der Waals surface area contributed by atoms with Gasteiger partial charge in [-0.3, -0.25) is 9.36 Å². The van der Waals surface area contributed by atoms with Crippen molar-refractivity contribution >= 4 is 5.91 Å². The van der Waals surface area contributed by atoms with Crippen molar-refractivity contribution in [3.63, 3.8) is 0 Å². The number of methoxy groups -OCH3 is 2. The molecule has 10 nitrogen and oxygen atoms in total. The maximum absolute atomic E-state index is 12.6. The van der Waals surface area contributed by atoms with E-state index in [9.17, 15) is 4.79 Å². The number of hydrogen-bond donors (Lipinski definition) is 1. The Balaban J connectivity index is 1.27. The van der Waals surface area contributed by atoms with E-state index in [2.05, 4.69) is 25.4 Å². The second kappa shape index (κ2) is 8.73. The number of carbonyl (C=O) groups excluding carboxylic acids is 1. The SMILES string of the molecule is COc1ccc(CNC(=O)c2cn(-c3cc(-c4nc(C5CC5)no4)ccn3)cn2)cc1OC. The molecular weight excluding hydrogens is 424 g/mol. The average molecular weight is 446 g/mol. The summed E-state index contributed by atoms with van der Waals surface area (Å²) in [7, 11) is 3.15. The van der Waals surface area contributed by atoms with E-state index in [0.717, 1.165) is 29.8 Å². The largest absolute Gasteiger partial charge is 0.493 e. The molecule has 1 fully saturated rings. The molecule has 168 valence electrons. The molecule has 0 spiro atoms. The molecule has 0 unspecified atom stereocenters. The molecule has 4 aromatic rings. The van der Waals surface area contributed by atoms with Crippen molar-refractivity contribution in [1.29, 1.82) is 0 Å². The molecule has 0 aliphatic heterocycles. The van der Waals surface area contributed by atoms with Gasteiger partial charge in [0.05, 0.1) is 14.2 Å². The lowest BCUT2D eigenvalue weighted by Gasteiger charge is -2.10. The van der Waals surface area contributed by atoms with Gasteiger partial charge in [0.25, 0.3) is 11.8 Å². The summed E-state index contributed by atoms with van der Waals surface area (Å²) in [6.45, 7) is 0.320. The van der Waals surface area contributed by atoms with E-state index in [0.29, 0.717) is 35.7 Å². The molecule has 5 rings (SSSR count). The standard InChI is InChI=1S/C23H22N6O4/c1-31-18-6-3-14(9-19(18)32-2)11-25-22(30)17-12-29(13-26-17)20-10-16(7-8-24-20)23-27-21(28-33-23)15-4-5-15/h3,6-10,12-13,15H,4-5,11H2,1-2H3,(H,25,30). The second-order valence-corrected chi connectivity index (χ2v) is 7.67. The molecule has 3 aromatic heterocycles. The molecule has 1 saturated carbocycles. The molecular formula is C23H22N6O4. The minimum atomic E-state index is -0.300. The fourth-order valence-electron chi connectivity index (χ4n) is 3.38. The van der Waals surface area contributed by atoms with Gasteiger partial charge in [-0.05, 0) is 42.7 Å². The molecule has 0 bridgehead atoms. The zero-order valence-corrected chi connectivity index (χ0v) is 18.2. The van der Waals surface area contributed by atoms with Crippen LogP contribution < -0.4 is 14.8 Å². The van der Waals surface area contributed by atoms with E-state index in [1.165, 1.54) is 0 Å². The summed E-state index contributed by atoms with van der Waals surface area (Å²) in [4.78, 5) is 25.7. The first kappa shape index (κ1) is 20.7. The van der Waals surface area contributed by atoms with Crippen LogP contribution in [0.4, 0.5) is 0 Å². The molecule has 10 heteroatoms. The van der Waals surface area contributed by atoms with Crippen molar-refractivity contribution in [2.45, 2.75) is 25.3 Å². The van der Waals surface area contributed by atoms with E-state index >= 15 is 0 Å². The molecule has 0 radical (unpaired) electrons. The lowest BCUT2D eigenvalue weighted by Crippen LogP contribution is -2.23. The Morgan fingerprint density at radius 2 is 2.00 bits per heavy atom. The number of ether oxygens (including phenoxy) is 2. The number of amides is 1. The van der Waals surface area contributed by atoms with Gasteiger partial charge in [0, 0.05) is 30.4 Å². The summed E-state index contributed by atoms with van der Waals surface area (Å²) < 4.78 is 17.6. The third-order valence-electron chi connectivity index (χ3n) is 5.36. The van der Waals surface area contributed by atoms with Crippen LogP contribution in [-0.2, 0) is 6.54 Å². The molecule has 1 N–H and O–H groups in total. The number of hydrogen-bond acceptors (Lipinski definition) is 8. The number of carbonyl (C=O) groups is 1. The Bertz CT molecular complexity index is 1290. The van der Waals surface area contributed by atoms with Gasteiger partial charge in [-0.1, -0.05) is 11.2 Å². The zero-order valence-electron chi connectivity index (χ0n) is 18.2. The van der Waals surface area contributed by atoms with Crippen molar-refractivity contribution in [2.75, 3.05) is 14.2 Å². The monoisotopic (exact) mass is 446 g/mol. The van der Waals surface area contributed by atoms with Crippen LogP contribution in [0.25, 0.3) is 17.3 Å². The molecule has 0 atom stereocenters.